The molecule has 6 aromatic rings. The molecule has 0 radical (unpaired) electrons. The van der Waals surface area contributed by atoms with Crippen LogP contribution in [0.3, 0.4) is 0 Å². The molecule has 1 N–H and O–H groups in total. The number of nitrogens with zero attached hydrogens (tertiary/aromatic N) is 5. The highest BCUT2D eigenvalue weighted by Crippen LogP contribution is 2.41. The molecule has 0 aliphatic heterocycles. The van der Waals surface area contributed by atoms with E-state index >= 15 is 0 Å². The third-order valence-electron chi connectivity index (χ3n) is 6.58. The molecular weight excluding hydrogens is 436 g/mol. The Bertz CT molecular complexity index is 1650. The molecule has 3 aromatic heterocycles. The third kappa shape index (κ3) is 3.28. The number of benzene rings is 3. The summed E-state index contributed by atoms with van der Waals surface area (Å²) in [6, 6.07) is 31.1. The zero-order valence-electron chi connectivity index (χ0n) is 18.7. The van der Waals surface area contributed by atoms with Crippen LogP contribution in [0.15, 0.2) is 95.5 Å². The van der Waals surface area contributed by atoms with Crippen LogP contribution in [0.1, 0.15) is 11.3 Å². The van der Waals surface area contributed by atoms with E-state index in [1.807, 2.05) is 48.5 Å². The van der Waals surface area contributed by atoms with Gasteiger partial charge >= 0.3 is 0 Å². The lowest BCUT2D eigenvalue weighted by atomic mass is 9.90. The van der Waals surface area contributed by atoms with E-state index in [9.17, 15) is 0 Å². The molecule has 0 fully saturated rings. The Morgan fingerprint density at radius 3 is 2.51 bits per heavy atom. The molecule has 7 nitrogen and oxygen atoms in total. The molecule has 0 spiro atoms. The minimum Gasteiger partial charge on any atom is -0.354 e. The van der Waals surface area contributed by atoms with Crippen molar-refractivity contribution in [3.05, 3.63) is 102 Å². The van der Waals surface area contributed by atoms with E-state index < -0.39 is 0 Å². The summed E-state index contributed by atoms with van der Waals surface area (Å²) in [5.74, 6) is 1.28. The van der Waals surface area contributed by atoms with Gasteiger partial charge in [-0.1, -0.05) is 71.9 Å². The number of aryl methyl sites for hydroxylation is 1. The topological polar surface area (TPSA) is 85.4 Å². The van der Waals surface area contributed by atoms with Crippen molar-refractivity contribution in [3.8, 4) is 50.9 Å². The van der Waals surface area contributed by atoms with Gasteiger partial charge in [-0.25, -0.2) is 0 Å². The molecule has 1 aliphatic rings. The van der Waals surface area contributed by atoms with Gasteiger partial charge < -0.3 is 9.09 Å². The zero-order chi connectivity index (χ0) is 23.2. The van der Waals surface area contributed by atoms with Crippen molar-refractivity contribution in [3.63, 3.8) is 0 Å². The molecule has 3 heterocycles. The van der Waals surface area contributed by atoms with Crippen molar-refractivity contribution in [1.29, 1.82) is 0 Å². The van der Waals surface area contributed by atoms with Crippen molar-refractivity contribution >= 4 is 0 Å². The number of aromatic amines is 1. The number of fused-ring (bicyclic) bond motifs is 3. The molecule has 0 saturated carbocycles. The fourth-order valence-electron chi connectivity index (χ4n) is 4.97. The van der Waals surface area contributed by atoms with Crippen molar-refractivity contribution in [1.82, 2.24) is 30.3 Å². The Kier molecular flexibility index (Phi) is 4.45. The summed E-state index contributed by atoms with van der Waals surface area (Å²) in [5.41, 5.74) is 9.82. The maximum atomic E-state index is 5.92. The van der Waals surface area contributed by atoms with E-state index in [1.54, 1.807) is 0 Å². The van der Waals surface area contributed by atoms with Crippen LogP contribution in [-0.4, -0.2) is 30.3 Å². The van der Waals surface area contributed by atoms with Gasteiger partial charge in [0, 0.05) is 34.1 Å². The van der Waals surface area contributed by atoms with Crippen LogP contribution in [0.4, 0.5) is 0 Å². The van der Waals surface area contributed by atoms with Crippen LogP contribution < -0.4 is 0 Å². The minimum absolute atomic E-state index is 0.561. The molecule has 7 heteroatoms. The quantitative estimate of drug-likeness (QED) is 0.365. The average molecular weight is 457 g/mol. The normalized spacial score (nSPS) is 12.3. The number of hydrogen-bond acceptors (Lipinski definition) is 5. The third-order valence-corrected chi connectivity index (χ3v) is 6.58. The second-order valence-corrected chi connectivity index (χ2v) is 8.61. The largest absolute Gasteiger partial charge is 0.354 e. The molecule has 0 unspecified atom stereocenters. The van der Waals surface area contributed by atoms with Gasteiger partial charge in [0.2, 0.25) is 5.82 Å². The van der Waals surface area contributed by atoms with Crippen LogP contribution >= 0.6 is 0 Å². The van der Waals surface area contributed by atoms with Gasteiger partial charge in [0.15, 0.2) is 5.76 Å². The summed E-state index contributed by atoms with van der Waals surface area (Å²) in [6.45, 7) is 0. The summed E-state index contributed by atoms with van der Waals surface area (Å²) in [5, 5.41) is 19.0. The number of aromatic nitrogens is 6. The molecule has 0 saturated heterocycles. The Morgan fingerprint density at radius 2 is 1.63 bits per heavy atom. The lowest BCUT2D eigenvalue weighted by Gasteiger charge is -2.20. The Labute approximate surface area is 201 Å². The van der Waals surface area contributed by atoms with E-state index in [4.69, 9.17) is 4.52 Å². The van der Waals surface area contributed by atoms with Crippen LogP contribution in [-0.2, 0) is 12.8 Å². The number of hydrogen-bond donors (Lipinski definition) is 1. The van der Waals surface area contributed by atoms with E-state index in [-0.39, 0.29) is 0 Å². The van der Waals surface area contributed by atoms with Crippen molar-refractivity contribution < 1.29 is 4.52 Å². The molecule has 1 aliphatic carbocycles. The van der Waals surface area contributed by atoms with E-state index in [2.05, 4.69) is 72.8 Å². The van der Waals surface area contributed by atoms with Crippen LogP contribution in [0.2, 0.25) is 0 Å². The highest BCUT2D eigenvalue weighted by Gasteiger charge is 2.26. The summed E-state index contributed by atoms with van der Waals surface area (Å²) >= 11 is 0. The summed E-state index contributed by atoms with van der Waals surface area (Å²) in [4.78, 5) is 0. The lowest BCUT2D eigenvalue weighted by Crippen LogP contribution is -2.08. The Hall–Kier alpha value is -4.78. The van der Waals surface area contributed by atoms with Gasteiger partial charge in [0.1, 0.15) is 5.69 Å². The summed E-state index contributed by atoms with van der Waals surface area (Å²) in [6.07, 6.45) is 1.92. The maximum Gasteiger partial charge on any atom is 0.204 e. The standard InChI is InChI=1S/C28H20N6O/c1-2-8-19(9-3-1)24-17-27(35-31-24)26-16-23-22-12-5-4-7-18(22)13-14-25(23)34(26)21-11-6-10-20(15-21)28-29-32-33-30-28/h1-12,15-17H,13-14H2,(H,29,30,32,33). The predicted octanol–water partition coefficient (Wildman–Crippen LogP) is 5.75. The van der Waals surface area contributed by atoms with Gasteiger partial charge in [0.25, 0.3) is 0 Å². The van der Waals surface area contributed by atoms with Crippen molar-refractivity contribution in [2.24, 2.45) is 0 Å². The Balaban J connectivity index is 1.44. The van der Waals surface area contributed by atoms with Crippen LogP contribution in [0, 0.1) is 0 Å². The average Bonchev–Trinajstić information content (AvgIpc) is 3.69. The predicted molar refractivity (Wildman–Crippen MR) is 133 cm³/mol. The first-order chi connectivity index (χ1) is 17.3. The van der Waals surface area contributed by atoms with E-state index in [0.29, 0.717) is 5.82 Å². The van der Waals surface area contributed by atoms with Crippen molar-refractivity contribution in [2.45, 2.75) is 12.8 Å². The van der Waals surface area contributed by atoms with Gasteiger partial charge in [-0.2, -0.15) is 5.21 Å². The second kappa shape index (κ2) is 7.92. The molecule has 168 valence electrons. The number of rotatable bonds is 4. The summed E-state index contributed by atoms with van der Waals surface area (Å²) in [7, 11) is 0. The monoisotopic (exact) mass is 456 g/mol. The Morgan fingerprint density at radius 1 is 0.771 bits per heavy atom. The van der Waals surface area contributed by atoms with E-state index in [1.165, 1.54) is 22.4 Å². The molecule has 0 atom stereocenters. The zero-order valence-corrected chi connectivity index (χ0v) is 18.7. The summed E-state index contributed by atoms with van der Waals surface area (Å²) < 4.78 is 8.21. The van der Waals surface area contributed by atoms with Gasteiger partial charge in [-0.3, -0.25) is 0 Å². The smallest absolute Gasteiger partial charge is 0.204 e. The van der Waals surface area contributed by atoms with Gasteiger partial charge in [-0.05, 0) is 47.4 Å². The van der Waals surface area contributed by atoms with Gasteiger partial charge in [-0.15, -0.1) is 10.2 Å². The molecule has 7 rings (SSSR count). The first kappa shape index (κ1) is 19.7. The first-order valence-electron chi connectivity index (χ1n) is 11.5. The maximum absolute atomic E-state index is 5.92. The SMILES string of the molecule is c1ccc(-c2cc(-c3cc4c(n3-c3cccc(-c5nn[nH]n5)c3)CCc3ccccc3-4)on2)cc1. The highest BCUT2D eigenvalue weighted by atomic mass is 16.5. The van der Waals surface area contributed by atoms with Gasteiger partial charge in [0.05, 0.1) is 5.69 Å². The fourth-order valence-corrected chi connectivity index (χ4v) is 4.97. The second-order valence-electron chi connectivity index (χ2n) is 8.61. The molecular formula is C28H20N6O. The molecule has 0 bridgehead atoms. The number of nitrogens with one attached hydrogen (secondary N) is 1. The van der Waals surface area contributed by atoms with Crippen LogP contribution in [0.5, 0.6) is 0 Å². The number of H-pyrrole nitrogens is 1. The fraction of sp³-hybridized carbons (Fsp3) is 0.0714. The molecule has 35 heavy (non-hydrogen) atoms. The van der Waals surface area contributed by atoms with Crippen LogP contribution in [0.25, 0.3) is 50.9 Å². The highest BCUT2D eigenvalue weighted by molar-refractivity contribution is 5.80. The molecule has 0 amide bonds. The number of tetrazole rings is 1. The first-order valence-corrected chi connectivity index (χ1v) is 11.5. The lowest BCUT2D eigenvalue weighted by molar-refractivity contribution is 0.433. The van der Waals surface area contributed by atoms with Crippen molar-refractivity contribution in [2.75, 3.05) is 0 Å². The molecule has 3 aromatic carbocycles. The minimum atomic E-state index is 0.561. The van der Waals surface area contributed by atoms with E-state index in [0.717, 1.165) is 46.8 Å².